The topological polar surface area (TPSA) is 80.5 Å². The molecule has 0 aliphatic rings. The molecule has 0 spiro atoms. The molecule has 0 saturated heterocycles. The number of anilines is 1. The first-order valence-electron chi connectivity index (χ1n) is 4.04. The monoisotopic (exact) mass is 207 g/mol. The Labute approximate surface area is 85.2 Å². The molecule has 14 heavy (non-hydrogen) atoms. The lowest BCUT2D eigenvalue weighted by Gasteiger charge is -2.00. The zero-order valence-electron chi connectivity index (χ0n) is 7.34. The predicted octanol–water partition coefficient (Wildman–Crippen LogP) is 1.07. The molecule has 6 heteroatoms. The molecule has 72 valence electrons. The van der Waals surface area contributed by atoms with E-state index in [4.69, 9.17) is 5.73 Å². The van der Waals surface area contributed by atoms with Crippen LogP contribution in [0.15, 0.2) is 29.8 Å². The predicted molar refractivity (Wildman–Crippen MR) is 54.6 cm³/mol. The number of aromatic nitrogens is 4. The van der Waals surface area contributed by atoms with Gasteiger partial charge in [-0.3, -0.25) is 0 Å². The second kappa shape index (κ2) is 4.10. The van der Waals surface area contributed by atoms with Crippen molar-refractivity contribution < 1.29 is 0 Å². The molecule has 5 nitrogen and oxygen atoms in total. The van der Waals surface area contributed by atoms with Gasteiger partial charge in [0.2, 0.25) is 0 Å². The first kappa shape index (κ1) is 9.01. The van der Waals surface area contributed by atoms with Gasteiger partial charge in [0.1, 0.15) is 10.9 Å². The van der Waals surface area contributed by atoms with Crippen LogP contribution in [0.5, 0.6) is 0 Å². The number of rotatable bonds is 3. The minimum absolute atomic E-state index is 0.462. The molecule has 0 saturated carbocycles. The fraction of sp³-hybridized carbons (Fsp3) is 0.125. The number of nitrogen functional groups attached to an aromatic ring is 1. The molecule has 2 rings (SSSR count). The number of nitrogens with two attached hydrogens (primary N) is 1. The van der Waals surface area contributed by atoms with E-state index in [1.54, 1.807) is 24.8 Å². The van der Waals surface area contributed by atoms with Crippen LogP contribution in [-0.2, 0) is 5.75 Å². The van der Waals surface area contributed by atoms with Gasteiger partial charge in [0.25, 0.3) is 0 Å². The summed E-state index contributed by atoms with van der Waals surface area (Å²) in [6.45, 7) is 0. The van der Waals surface area contributed by atoms with Gasteiger partial charge >= 0.3 is 0 Å². The summed E-state index contributed by atoms with van der Waals surface area (Å²) in [5.41, 5.74) is 5.63. The van der Waals surface area contributed by atoms with Gasteiger partial charge in [-0.1, -0.05) is 11.8 Å². The van der Waals surface area contributed by atoms with Gasteiger partial charge < -0.3 is 10.7 Å². The molecule has 0 atom stereocenters. The van der Waals surface area contributed by atoms with Crippen LogP contribution in [0.4, 0.5) is 5.82 Å². The average molecular weight is 207 g/mol. The molecule has 0 amide bonds. The van der Waals surface area contributed by atoms with E-state index in [-0.39, 0.29) is 0 Å². The molecule has 0 unspecified atom stereocenters. The summed E-state index contributed by atoms with van der Waals surface area (Å²) in [5.74, 6) is 2.08. The van der Waals surface area contributed by atoms with Crippen molar-refractivity contribution in [3.05, 3.63) is 30.6 Å². The van der Waals surface area contributed by atoms with E-state index in [1.807, 2.05) is 0 Å². The van der Waals surface area contributed by atoms with Crippen LogP contribution in [0.3, 0.4) is 0 Å². The largest absolute Gasteiger partial charge is 0.381 e. The summed E-state index contributed by atoms with van der Waals surface area (Å²) in [7, 11) is 0. The van der Waals surface area contributed by atoms with E-state index in [0.717, 1.165) is 16.6 Å². The van der Waals surface area contributed by atoms with Crippen LogP contribution >= 0.6 is 11.8 Å². The van der Waals surface area contributed by atoms with Crippen LogP contribution in [-0.4, -0.2) is 19.9 Å². The SMILES string of the molecule is Nc1nccnc1SCc1ncc[nH]1. The van der Waals surface area contributed by atoms with Crippen molar-refractivity contribution >= 4 is 17.6 Å². The summed E-state index contributed by atoms with van der Waals surface area (Å²) in [4.78, 5) is 15.2. The van der Waals surface area contributed by atoms with Gasteiger partial charge in [0.15, 0.2) is 5.82 Å². The van der Waals surface area contributed by atoms with Crippen molar-refractivity contribution in [2.24, 2.45) is 0 Å². The maximum Gasteiger partial charge on any atom is 0.156 e. The smallest absolute Gasteiger partial charge is 0.156 e. The Bertz CT molecular complexity index is 400. The van der Waals surface area contributed by atoms with Crippen molar-refractivity contribution in [1.29, 1.82) is 0 Å². The number of nitrogens with one attached hydrogen (secondary N) is 1. The first-order valence-corrected chi connectivity index (χ1v) is 5.02. The highest BCUT2D eigenvalue weighted by atomic mass is 32.2. The zero-order valence-corrected chi connectivity index (χ0v) is 8.16. The number of aromatic amines is 1. The van der Waals surface area contributed by atoms with E-state index >= 15 is 0 Å². The molecule has 0 bridgehead atoms. The second-order valence-corrected chi connectivity index (χ2v) is 3.54. The van der Waals surface area contributed by atoms with E-state index in [1.165, 1.54) is 11.8 Å². The molecule has 3 N–H and O–H groups in total. The molecular formula is C8H9N5S. The van der Waals surface area contributed by atoms with Crippen LogP contribution in [0.1, 0.15) is 5.82 Å². The molecule has 0 radical (unpaired) electrons. The van der Waals surface area contributed by atoms with Gasteiger partial charge in [0.05, 0.1) is 5.75 Å². The van der Waals surface area contributed by atoms with Crippen LogP contribution in [0.2, 0.25) is 0 Å². The van der Waals surface area contributed by atoms with Gasteiger partial charge in [-0.05, 0) is 0 Å². The molecule has 0 aromatic carbocycles. The Balaban J connectivity index is 2.02. The molecular weight excluding hydrogens is 198 g/mol. The van der Waals surface area contributed by atoms with E-state index < -0.39 is 0 Å². The van der Waals surface area contributed by atoms with Crippen molar-refractivity contribution in [3.63, 3.8) is 0 Å². The minimum Gasteiger partial charge on any atom is -0.381 e. The first-order chi connectivity index (χ1) is 6.86. The Kier molecular flexibility index (Phi) is 2.64. The fourth-order valence-electron chi connectivity index (χ4n) is 0.961. The third-order valence-electron chi connectivity index (χ3n) is 1.59. The summed E-state index contributed by atoms with van der Waals surface area (Å²) in [5, 5.41) is 0.740. The second-order valence-electron chi connectivity index (χ2n) is 2.57. The molecule has 2 aromatic heterocycles. The highest BCUT2D eigenvalue weighted by Crippen LogP contribution is 2.22. The minimum atomic E-state index is 0.462. The van der Waals surface area contributed by atoms with Crippen molar-refractivity contribution in [1.82, 2.24) is 19.9 Å². The number of thioether (sulfide) groups is 1. The summed E-state index contributed by atoms with van der Waals surface area (Å²) >= 11 is 1.51. The normalized spacial score (nSPS) is 10.3. The lowest BCUT2D eigenvalue weighted by molar-refractivity contribution is 1.06. The van der Waals surface area contributed by atoms with Crippen molar-refractivity contribution in [2.45, 2.75) is 10.8 Å². The quantitative estimate of drug-likeness (QED) is 0.736. The van der Waals surface area contributed by atoms with Gasteiger partial charge in [-0.2, -0.15) is 0 Å². The summed E-state index contributed by atoms with van der Waals surface area (Å²) < 4.78 is 0. The van der Waals surface area contributed by atoms with Crippen LogP contribution in [0.25, 0.3) is 0 Å². The number of hydrogen-bond donors (Lipinski definition) is 2. The van der Waals surface area contributed by atoms with Gasteiger partial charge in [0, 0.05) is 24.8 Å². The van der Waals surface area contributed by atoms with Gasteiger partial charge in [-0.25, -0.2) is 15.0 Å². The van der Waals surface area contributed by atoms with E-state index in [0.29, 0.717) is 5.82 Å². The highest BCUT2D eigenvalue weighted by Gasteiger charge is 2.02. The third-order valence-corrected chi connectivity index (χ3v) is 2.60. The molecule has 0 aliphatic carbocycles. The number of imidazole rings is 1. The van der Waals surface area contributed by atoms with Crippen LogP contribution in [0, 0.1) is 0 Å². The van der Waals surface area contributed by atoms with Gasteiger partial charge in [-0.15, -0.1) is 0 Å². The number of nitrogens with zero attached hydrogens (tertiary/aromatic N) is 3. The fourth-order valence-corrected chi connectivity index (χ4v) is 1.73. The Hall–Kier alpha value is -1.56. The van der Waals surface area contributed by atoms with Crippen LogP contribution < -0.4 is 5.73 Å². The molecule has 2 aromatic rings. The number of H-pyrrole nitrogens is 1. The highest BCUT2D eigenvalue weighted by molar-refractivity contribution is 7.98. The molecule has 0 fully saturated rings. The lowest BCUT2D eigenvalue weighted by Crippen LogP contribution is -1.95. The van der Waals surface area contributed by atoms with E-state index in [2.05, 4.69) is 19.9 Å². The average Bonchev–Trinajstić information content (AvgIpc) is 2.69. The Morgan fingerprint density at radius 2 is 2.07 bits per heavy atom. The Morgan fingerprint density at radius 1 is 1.21 bits per heavy atom. The van der Waals surface area contributed by atoms with Crippen molar-refractivity contribution in [2.75, 3.05) is 5.73 Å². The number of hydrogen-bond acceptors (Lipinski definition) is 5. The maximum atomic E-state index is 5.63. The lowest BCUT2D eigenvalue weighted by atomic mass is 10.7. The third kappa shape index (κ3) is 2.02. The molecule has 0 aliphatic heterocycles. The van der Waals surface area contributed by atoms with E-state index in [9.17, 15) is 0 Å². The maximum absolute atomic E-state index is 5.63. The zero-order chi connectivity index (χ0) is 9.80. The van der Waals surface area contributed by atoms with Crippen molar-refractivity contribution in [3.8, 4) is 0 Å². The molecule has 2 heterocycles. The Morgan fingerprint density at radius 3 is 2.79 bits per heavy atom. The summed E-state index contributed by atoms with van der Waals surface area (Å²) in [6, 6.07) is 0. The standard InChI is InChI=1S/C8H9N5S/c9-7-8(13-4-3-12-7)14-5-6-10-1-2-11-6/h1-4H,5H2,(H2,9,12)(H,10,11). The summed E-state index contributed by atoms with van der Waals surface area (Å²) in [6.07, 6.45) is 6.71.